The molecule has 3 aromatic rings. The third kappa shape index (κ3) is 5.36. The number of hydrogen-bond acceptors (Lipinski definition) is 3. The van der Waals surface area contributed by atoms with Gasteiger partial charge in [-0.25, -0.2) is 0 Å². The van der Waals surface area contributed by atoms with Crippen molar-refractivity contribution in [3.8, 4) is 11.5 Å². The molecule has 0 bridgehead atoms. The normalized spacial score (nSPS) is 11.5. The first-order valence-corrected chi connectivity index (χ1v) is 9.33. The van der Waals surface area contributed by atoms with E-state index >= 15 is 0 Å². The standard InChI is InChI=1S/C24H25NO3/c1-17-9-10-18(2)23(15-17)28-19(3)24(26)25-21-11-13-22(14-12-21)27-16-20-7-5-4-6-8-20/h4-15,19H,16H2,1-3H3,(H,25,26)/t19-/m1/s1. The lowest BCUT2D eigenvalue weighted by atomic mass is 10.1. The van der Waals surface area contributed by atoms with Crippen LogP contribution in [-0.4, -0.2) is 12.0 Å². The Hall–Kier alpha value is -3.27. The van der Waals surface area contributed by atoms with Crippen LogP contribution in [-0.2, 0) is 11.4 Å². The van der Waals surface area contributed by atoms with Crippen LogP contribution in [0.25, 0.3) is 0 Å². The molecule has 0 aliphatic rings. The molecule has 28 heavy (non-hydrogen) atoms. The molecule has 0 fully saturated rings. The second-order valence-corrected chi connectivity index (χ2v) is 6.82. The Kier molecular flexibility index (Phi) is 6.33. The summed E-state index contributed by atoms with van der Waals surface area (Å²) >= 11 is 0. The van der Waals surface area contributed by atoms with Gasteiger partial charge in [-0.05, 0) is 67.8 Å². The molecule has 1 N–H and O–H groups in total. The fourth-order valence-electron chi connectivity index (χ4n) is 2.70. The van der Waals surface area contributed by atoms with Gasteiger partial charge in [-0.2, -0.15) is 0 Å². The molecule has 4 nitrogen and oxygen atoms in total. The number of carbonyl (C=O) groups excluding carboxylic acids is 1. The highest BCUT2D eigenvalue weighted by Crippen LogP contribution is 2.21. The topological polar surface area (TPSA) is 47.6 Å². The van der Waals surface area contributed by atoms with Crippen molar-refractivity contribution >= 4 is 11.6 Å². The van der Waals surface area contributed by atoms with Crippen molar-refractivity contribution in [3.05, 3.63) is 89.5 Å². The first kappa shape index (κ1) is 19.5. The van der Waals surface area contributed by atoms with Gasteiger partial charge >= 0.3 is 0 Å². The first-order valence-electron chi connectivity index (χ1n) is 9.33. The third-order valence-electron chi connectivity index (χ3n) is 4.39. The summed E-state index contributed by atoms with van der Waals surface area (Å²) < 4.78 is 11.6. The van der Waals surface area contributed by atoms with Crippen molar-refractivity contribution in [2.75, 3.05) is 5.32 Å². The van der Waals surface area contributed by atoms with Gasteiger partial charge in [-0.1, -0.05) is 42.5 Å². The molecule has 1 atom stereocenters. The molecule has 4 heteroatoms. The number of anilines is 1. The monoisotopic (exact) mass is 375 g/mol. The molecule has 0 aliphatic heterocycles. The minimum absolute atomic E-state index is 0.195. The molecule has 0 unspecified atom stereocenters. The Labute approximate surface area is 166 Å². The predicted molar refractivity (Wildman–Crippen MR) is 112 cm³/mol. The molecule has 144 valence electrons. The lowest BCUT2D eigenvalue weighted by molar-refractivity contribution is -0.122. The van der Waals surface area contributed by atoms with E-state index in [4.69, 9.17) is 9.47 Å². The van der Waals surface area contributed by atoms with E-state index in [0.29, 0.717) is 12.3 Å². The average molecular weight is 375 g/mol. The van der Waals surface area contributed by atoms with Crippen molar-refractivity contribution in [2.24, 2.45) is 0 Å². The van der Waals surface area contributed by atoms with Crippen molar-refractivity contribution < 1.29 is 14.3 Å². The van der Waals surface area contributed by atoms with Crippen LogP contribution in [0.15, 0.2) is 72.8 Å². The van der Waals surface area contributed by atoms with Gasteiger partial charge < -0.3 is 14.8 Å². The van der Waals surface area contributed by atoms with Crippen LogP contribution in [0.3, 0.4) is 0 Å². The quantitative estimate of drug-likeness (QED) is 0.610. The number of aryl methyl sites for hydroxylation is 2. The fraction of sp³-hybridized carbons (Fsp3) is 0.208. The van der Waals surface area contributed by atoms with E-state index in [1.54, 1.807) is 6.92 Å². The zero-order valence-corrected chi connectivity index (χ0v) is 16.4. The lowest BCUT2D eigenvalue weighted by Gasteiger charge is -2.17. The summed E-state index contributed by atoms with van der Waals surface area (Å²) in [7, 11) is 0. The summed E-state index contributed by atoms with van der Waals surface area (Å²) in [6.45, 7) is 6.22. The van der Waals surface area contributed by atoms with Crippen molar-refractivity contribution in [1.82, 2.24) is 0 Å². The van der Waals surface area contributed by atoms with Gasteiger partial charge in [-0.15, -0.1) is 0 Å². The van der Waals surface area contributed by atoms with Gasteiger partial charge in [-0.3, -0.25) is 4.79 Å². The molecule has 3 rings (SSSR count). The van der Waals surface area contributed by atoms with E-state index in [-0.39, 0.29) is 5.91 Å². The van der Waals surface area contributed by atoms with E-state index in [1.807, 2.05) is 86.6 Å². The lowest BCUT2D eigenvalue weighted by Crippen LogP contribution is -2.30. The van der Waals surface area contributed by atoms with Crippen molar-refractivity contribution in [2.45, 2.75) is 33.5 Å². The molecule has 0 radical (unpaired) electrons. The number of ether oxygens (including phenoxy) is 2. The summed E-state index contributed by atoms with van der Waals surface area (Å²) in [5.74, 6) is 1.28. The smallest absolute Gasteiger partial charge is 0.265 e. The highest BCUT2D eigenvalue weighted by atomic mass is 16.5. The SMILES string of the molecule is Cc1ccc(C)c(O[C@H](C)C(=O)Nc2ccc(OCc3ccccc3)cc2)c1. The number of carbonyl (C=O) groups is 1. The second-order valence-electron chi connectivity index (χ2n) is 6.82. The zero-order valence-electron chi connectivity index (χ0n) is 16.4. The largest absolute Gasteiger partial charge is 0.489 e. The van der Waals surface area contributed by atoms with E-state index in [2.05, 4.69) is 5.32 Å². The van der Waals surface area contributed by atoms with Gasteiger partial charge in [0.2, 0.25) is 0 Å². The van der Waals surface area contributed by atoms with Gasteiger partial charge in [0, 0.05) is 5.69 Å². The van der Waals surface area contributed by atoms with Crippen LogP contribution in [0.2, 0.25) is 0 Å². The average Bonchev–Trinajstić information content (AvgIpc) is 2.71. The molecule has 0 aromatic heterocycles. The Morgan fingerprint density at radius 1 is 0.964 bits per heavy atom. The maximum absolute atomic E-state index is 12.4. The van der Waals surface area contributed by atoms with Crippen LogP contribution in [0, 0.1) is 13.8 Å². The van der Waals surface area contributed by atoms with Crippen LogP contribution in [0.4, 0.5) is 5.69 Å². The van der Waals surface area contributed by atoms with Crippen LogP contribution < -0.4 is 14.8 Å². The molecule has 0 saturated carbocycles. The summed E-state index contributed by atoms with van der Waals surface area (Å²) in [5.41, 5.74) is 3.91. The molecule has 0 saturated heterocycles. The molecule has 1 amide bonds. The van der Waals surface area contributed by atoms with Crippen molar-refractivity contribution in [3.63, 3.8) is 0 Å². The van der Waals surface area contributed by atoms with Gasteiger partial charge in [0.25, 0.3) is 5.91 Å². The summed E-state index contributed by atoms with van der Waals surface area (Å²) in [6, 6.07) is 23.3. The van der Waals surface area contributed by atoms with Crippen LogP contribution >= 0.6 is 0 Å². The van der Waals surface area contributed by atoms with E-state index in [9.17, 15) is 4.79 Å². The van der Waals surface area contributed by atoms with E-state index < -0.39 is 6.10 Å². The number of amides is 1. The second kappa shape index (κ2) is 9.09. The van der Waals surface area contributed by atoms with E-state index in [1.165, 1.54) is 0 Å². The highest BCUT2D eigenvalue weighted by molar-refractivity contribution is 5.94. The Balaban J connectivity index is 1.54. The van der Waals surface area contributed by atoms with Crippen molar-refractivity contribution in [1.29, 1.82) is 0 Å². The molecule has 0 spiro atoms. The number of rotatable bonds is 7. The van der Waals surface area contributed by atoms with Crippen LogP contribution in [0.5, 0.6) is 11.5 Å². The zero-order chi connectivity index (χ0) is 19.9. The number of nitrogens with one attached hydrogen (secondary N) is 1. The number of benzene rings is 3. The van der Waals surface area contributed by atoms with Gasteiger partial charge in [0.1, 0.15) is 18.1 Å². The maximum atomic E-state index is 12.4. The summed E-state index contributed by atoms with van der Waals surface area (Å²) in [5, 5.41) is 2.88. The first-order chi connectivity index (χ1) is 13.5. The Bertz CT molecular complexity index is 920. The summed E-state index contributed by atoms with van der Waals surface area (Å²) in [6.07, 6.45) is -0.602. The number of hydrogen-bond donors (Lipinski definition) is 1. The van der Waals surface area contributed by atoms with E-state index in [0.717, 1.165) is 28.2 Å². The maximum Gasteiger partial charge on any atom is 0.265 e. The third-order valence-corrected chi connectivity index (χ3v) is 4.39. The molecular weight excluding hydrogens is 350 g/mol. The Morgan fingerprint density at radius 2 is 1.68 bits per heavy atom. The Morgan fingerprint density at radius 3 is 2.39 bits per heavy atom. The molecule has 0 aliphatic carbocycles. The van der Waals surface area contributed by atoms with Crippen LogP contribution in [0.1, 0.15) is 23.6 Å². The molecular formula is C24H25NO3. The molecule has 0 heterocycles. The minimum Gasteiger partial charge on any atom is -0.489 e. The molecule has 3 aromatic carbocycles. The van der Waals surface area contributed by atoms with Gasteiger partial charge in [0.15, 0.2) is 6.10 Å². The predicted octanol–water partition coefficient (Wildman–Crippen LogP) is 5.29. The minimum atomic E-state index is -0.602. The fourth-order valence-corrected chi connectivity index (χ4v) is 2.70. The highest BCUT2D eigenvalue weighted by Gasteiger charge is 2.16. The van der Waals surface area contributed by atoms with Gasteiger partial charge in [0.05, 0.1) is 0 Å². The summed E-state index contributed by atoms with van der Waals surface area (Å²) in [4.78, 5) is 12.4.